The average molecular weight is 165 g/mol. The fourth-order valence-corrected chi connectivity index (χ4v) is 2.11. The van der Waals surface area contributed by atoms with E-state index >= 15 is 0 Å². The fourth-order valence-electron chi connectivity index (χ4n) is 2.11. The number of rotatable bonds is 2. The molecule has 12 heavy (non-hydrogen) atoms. The first-order valence-corrected chi connectivity index (χ1v) is 4.88. The topological polar surface area (TPSA) is 12.0 Å². The summed E-state index contributed by atoms with van der Waals surface area (Å²) in [5.41, 5.74) is 0. The van der Waals surface area contributed by atoms with E-state index in [2.05, 4.69) is 18.2 Å². The first-order valence-electron chi connectivity index (χ1n) is 4.88. The molecular formula is C11H19N. The average Bonchev–Trinajstić information content (AvgIpc) is 2.09. The zero-order valence-electron chi connectivity index (χ0n) is 8.14. The molecule has 1 aliphatic carbocycles. The lowest BCUT2D eigenvalue weighted by Crippen LogP contribution is -2.34. The molecule has 68 valence electrons. The number of terminal acetylenes is 1. The Balaban J connectivity index is 2.42. The third-order valence-corrected chi connectivity index (χ3v) is 3.15. The van der Waals surface area contributed by atoms with Crippen molar-refractivity contribution in [1.82, 2.24) is 5.32 Å². The Morgan fingerprint density at radius 1 is 1.50 bits per heavy atom. The lowest BCUT2D eigenvalue weighted by atomic mass is 9.76. The molecule has 0 aromatic heterocycles. The van der Waals surface area contributed by atoms with E-state index in [1.807, 2.05) is 7.05 Å². The number of hydrogen-bond acceptors (Lipinski definition) is 1. The predicted octanol–water partition coefficient (Wildman–Crippen LogP) is 2.03. The monoisotopic (exact) mass is 165 g/mol. The van der Waals surface area contributed by atoms with Crippen LogP contribution in [-0.4, -0.2) is 13.1 Å². The number of hydrogen-bond donors (Lipinski definition) is 1. The summed E-state index contributed by atoms with van der Waals surface area (Å²) in [5, 5.41) is 3.34. The van der Waals surface area contributed by atoms with Gasteiger partial charge in [-0.25, -0.2) is 0 Å². The van der Waals surface area contributed by atoms with Crippen molar-refractivity contribution in [3.8, 4) is 12.3 Å². The highest BCUT2D eigenvalue weighted by molar-refractivity contribution is 4.92. The van der Waals surface area contributed by atoms with Crippen LogP contribution in [0.2, 0.25) is 0 Å². The van der Waals surface area contributed by atoms with E-state index in [1.165, 1.54) is 19.3 Å². The molecule has 0 aliphatic heterocycles. The maximum absolute atomic E-state index is 5.34. The molecule has 0 saturated heterocycles. The predicted molar refractivity (Wildman–Crippen MR) is 52.8 cm³/mol. The minimum absolute atomic E-state index is 0.708. The molecule has 0 bridgehead atoms. The normalized spacial score (nSPS) is 35.9. The van der Waals surface area contributed by atoms with Crippen LogP contribution in [0.15, 0.2) is 0 Å². The Hall–Kier alpha value is -0.480. The molecular weight excluding hydrogens is 146 g/mol. The molecule has 1 nitrogen and oxygen atoms in total. The second-order valence-corrected chi connectivity index (χ2v) is 3.94. The van der Waals surface area contributed by atoms with Crippen LogP contribution in [0.25, 0.3) is 0 Å². The molecule has 3 atom stereocenters. The van der Waals surface area contributed by atoms with Gasteiger partial charge in [-0.15, -0.1) is 12.3 Å². The van der Waals surface area contributed by atoms with Gasteiger partial charge < -0.3 is 5.32 Å². The highest BCUT2D eigenvalue weighted by atomic mass is 14.9. The Morgan fingerprint density at radius 3 is 2.83 bits per heavy atom. The van der Waals surface area contributed by atoms with Gasteiger partial charge in [-0.2, -0.15) is 0 Å². The van der Waals surface area contributed by atoms with E-state index < -0.39 is 0 Å². The smallest absolute Gasteiger partial charge is 0.0117 e. The summed E-state index contributed by atoms with van der Waals surface area (Å²) in [6.45, 7) is 2.33. The molecule has 0 spiro atoms. The standard InChI is InChI=1S/C11H19N/c1-4-5-10-8-11(12-3)7-6-9(10)2/h1,9-12H,5-8H2,2-3H3. The Kier molecular flexibility index (Phi) is 3.62. The summed E-state index contributed by atoms with van der Waals surface area (Å²) in [7, 11) is 2.05. The highest BCUT2D eigenvalue weighted by Gasteiger charge is 2.25. The highest BCUT2D eigenvalue weighted by Crippen LogP contribution is 2.31. The van der Waals surface area contributed by atoms with Gasteiger partial charge in [0.25, 0.3) is 0 Å². The van der Waals surface area contributed by atoms with Crippen molar-refractivity contribution in [3.05, 3.63) is 0 Å². The minimum Gasteiger partial charge on any atom is -0.317 e. The second kappa shape index (κ2) is 4.52. The van der Waals surface area contributed by atoms with Crippen LogP contribution >= 0.6 is 0 Å². The zero-order chi connectivity index (χ0) is 8.97. The van der Waals surface area contributed by atoms with E-state index in [9.17, 15) is 0 Å². The summed E-state index contributed by atoms with van der Waals surface area (Å²) in [6, 6.07) is 0.708. The minimum atomic E-state index is 0.708. The van der Waals surface area contributed by atoms with Crippen molar-refractivity contribution in [2.45, 2.75) is 38.6 Å². The maximum atomic E-state index is 5.34. The molecule has 1 fully saturated rings. The summed E-state index contributed by atoms with van der Waals surface area (Å²) in [5.74, 6) is 4.36. The van der Waals surface area contributed by atoms with Gasteiger partial charge in [0.15, 0.2) is 0 Å². The van der Waals surface area contributed by atoms with Gasteiger partial charge in [0.2, 0.25) is 0 Å². The fraction of sp³-hybridized carbons (Fsp3) is 0.818. The van der Waals surface area contributed by atoms with Gasteiger partial charge in [-0.05, 0) is 38.1 Å². The third kappa shape index (κ3) is 2.25. The molecule has 0 heterocycles. The molecule has 0 radical (unpaired) electrons. The zero-order valence-corrected chi connectivity index (χ0v) is 8.14. The van der Waals surface area contributed by atoms with Gasteiger partial charge >= 0.3 is 0 Å². The van der Waals surface area contributed by atoms with Gasteiger partial charge in [0.1, 0.15) is 0 Å². The van der Waals surface area contributed by atoms with Crippen molar-refractivity contribution in [2.24, 2.45) is 11.8 Å². The molecule has 1 heteroatoms. The molecule has 0 aromatic rings. The first-order chi connectivity index (χ1) is 5.77. The molecule has 1 rings (SSSR count). The van der Waals surface area contributed by atoms with Crippen LogP contribution < -0.4 is 5.32 Å². The molecule has 3 unspecified atom stereocenters. The van der Waals surface area contributed by atoms with Crippen LogP contribution in [0.5, 0.6) is 0 Å². The quantitative estimate of drug-likeness (QED) is 0.617. The molecule has 0 aromatic carbocycles. The van der Waals surface area contributed by atoms with Gasteiger partial charge in [-0.1, -0.05) is 6.92 Å². The lowest BCUT2D eigenvalue weighted by Gasteiger charge is -2.33. The maximum Gasteiger partial charge on any atom is 0.0117 e. The van der Waals surface area contributed by atoms with Crippen molar-refractivity contribution in [1.29, 1.82) is 0 Å². The van der Waals surface area contributed by atoms with Crippen LogP contribution in [0.1, 0.15) is 32.6 Å². The van der Waals surface area contributed by atoms with E-state index in [0.717, 1.165) is 18.3 Å². The number of nitrogens with one attached hydrogen (secondary N) is 1. The van der Waals surface area contributed by atoms with Crippen LogP contribution in [0, 0.1) is 24.2 Å². The Morgan fingerprint density at radius 2 is 2.25 bits per heavy atom. The Labute approximate surface area is 75.9 Å². The molecule has 1 aliphatic rings. The SMILES string of the molecule is C#CCC1CC(NC)CCC1C. The summed E-state index contributed by atoms with van der Waals surface area (Å²) >= 11 is 0. The lowest BCUT2D eigenvalue weighted by molar-refractivity contribution is 0.220. The van der Waals surface area contributed by atoms with E-state index in [0.29, 0.717) is 6.04 Å². The second-order valence-electron chi connectivity index (χ2n) is 3.94. The first kappa shape index (κ1) is 9.61. The van der Waals surface area contributed by atoms with Gasteiger partial charge in [0.05, 0.1) is 0 Å². The van der Waals surface area contributed by atoms with E-state index in [-0.39, 0.29) is 0 Å². The van der Waals surface area contributed by atoms with Gasteiger partial charge in [0, 0.05) is 12.5 Å². The van der Waals surface area contributed by atoms with Crippen LogP contribution in [0.4, 0.5) is 0 Å². The Bertz CT molecular complexity index is 168. The van der Waals surface area contributed by atoms with Crippen molar-refractivity contribution in [2.75, 3.05) is 7.05 Å². The summed E-state index contributed by atoms with van der Waals surface area (Å²) < 4.78 is 0. The van der Waals surface area contributed by atoms with E-state index in [1.54, 1.807) is 0 Å². The van der Waals surface area contributed by atoms with Crippen molar-refractivity contribution in [3.63, 3.8) is 0 Å². The largest absolute Gasteiger partial charge is 0.317 e. The molecule has 1 saturated carbocycles. The molecule has 1 N–H and O–H groups in total. The summed E-state index contributed by atoms with van der Waals surface area (Å²) in [6.07, 6.45) is 10.2. The van der Waals surface area contributed by atoms with Crippen molar-refractivity contribution >= 4 is 0 Å². The molecule has 0 amide bonds. The van der Waals surface area contributed by atoms with Crippen LogP contribution in [0.3, 0.4) is 0 Å². The van der Waals surface area contributed by atoms with E-state index in [4.69, 9.17) is 6.42 Å². The summed E-state index contributed by atoms with van der Waals surface area (Å²) in [4.78, 5) is 0. The van der Waals surface area contributed by atoms with Gasteiger partial charge in [-0.3, -0.25) is 0 Å². The van der Waals surface area contributed by atoms with Crippen LogP contribution in [-0.2, 0) is 0 Å². The van der Waals surface area contributed by atoms with Crippen molar-refractivity contribution < 1.29 is 0 Å². The third-order valence-electron chi connectivity index (χ3n) is 3.15.